The first kappa shape index (κ1) is 21.1. The van der Waals surface area contributed by atoms with Gasteiger partial charge in [0.05, 0.1) is 11.3 Å². The molecule has 10 heteroatoms. The highest BCUT2D eigenvalue weighted by molar-refractivity contribution is 5.94. The molecule has 0 unspecified atom stereocenters. The lowest BCUT2D eigenvalue weighted by Gasteiger charge is -2.20. The van der Waals surface area contributed by atoms with Crippen LogP contribution >= 0.6 is 0 Å². The molecule has 0 spiro atoms. The molecule has 2 rings (SSSR count). The average molecular weight is 397 g/mol. The number of aromatic nitrogens is 2. The first-order valence-electron chi connectivity index (χ1n) is 8.34. The van der Waals surface area contributed by atoms with Crippen LogP contribution in [0.15, 0.2) is 35.1 Å². The summed E-state index contributed by atoms with van der Waals surface area (Å²) in [6.07, 6.45) is -4.12. The number of halogens is 3. The molecule has 0 saturated carbocycles. The van der Waals surface area contributed by atoms with Crippen LogP contribution in [-0.4, -0.2) is 44.8 Å². The lowest BCUT2D eigenvalue weighted by atomic mass is 10.2. The van der Waals surface area contributed by atoms with Crippen molar-refractivity contribution in [3.63, 3.8) is 0 Å². The lowest BCUT2D eigenvalue weighted by molar-refractivity contribution is -0.138. The van der Waals surface area contributed by atoms with E-state index < -0.39 is 41.3 Å². The van der Waals surface area contributed by atoms with E-state index in [0.717, 1.165) is 27.8 Å². The first-order chi connectivity index (χ1) is 13.0. The number of carbonyl (C=O) groups excluding carboxylic acids is 1. The first-order valence-corrected chi connectivity index (χ1v) is 8.34. The third-order valence-electron chi connectivity index (χ3n) is 3.83. The quantitative estimate of drug-likeness (QED) is 0.809. The van der Waals surface area contributed by atoms with Gasteiger partial charge in [-0.3, -0.25) is 14.4 Å². The Morgan fingerprint density at radius 3 is 2.50 bits per heavy atom. The number of nitrogens with zero attached hydrogens (tertiary/aromatic N) is 3. The number of aryl methyl sites for hydroxylation is 1. The third-order valence-corrected chi connectivity index (χ3v) is 3.83. The van der Waals surface area contributed by atoms with Crippen molar-refractivity contribution in [3.8, 4) is 5.69 Å². The average Bonchev–Trinajstić information content (AvgIpc) is 2.60. The van der Waals surface area contributed by atoms with Gasteiger partial charge in [0, 0.05) is 18.3 Å². The Labute approximate surface area is 158 Å². The molecule has 0 saturated heterocycles. The Hall–Kier alpha value is -3.17. The van der Waals surface area contributed by atoms with Crippen LogP contribution < -0.4 is 5.43 Å². The minimum atomic E-state index is -4.57. The molecule has 1 aromatic heterocycles. The second-order valence-corrected chi connectivity index (χ2v) is 6.08. The summed E-state index contributed by atoms with van der Waals surface area (Å²) in [6.45, 7) is 2.66. The maximum absolute atomic E-state index is 13.0. The number of rotatable bonds is 6. The Kier molecular flexibility index (Phi) is 6.22. The summed E-state index contributed by atoms with van der Waals surface area (Å²) in [5.74, 6) is -2.15. The van der Waals surface area contributed by atoms with Gasteiger partial charge in [-0.05, 0) is 31.5 Å². The Morgan fingerprint density at radius 2 is 1.93 bits per heavy atom. The van der Waals surface area contributed by atoms with Crippen molar-refractivity contribution in [1.82, 2.24) is 14.7 Å². The van der Waals surface area contributed by atoms with Gasteiger partial charge in [-0.2, -0.15) is 18.3 Å². The van der Waals surface area contributed by atoms with Crippen LogP contribution in [-0.2, 0) is 11.0 Å². The molecular weight excluding hydrogens is 379 g/mol. The lowest BCUT2D eigenvalue weighted by Crippen LogP contribution is -2.39. The number of hydrogen-bond donors (Lipinski definition) is 1. The van der Waals surface area contributed by atoms with Crippen LogP contribution in [0.5, 0.6) is 0 Å². The zero-order valence-electron chi connectivity index (χ0n) is 15.2. The second kappa shape index (κ2) is 8.24. The van der Waals surface area contributed by atoms with Gasteiger partial charge in [0.1, 0.15) is 6.54 Å². The smallest absolute Gasteiger partial charge is 0.416 e. The highest BCUT2D eigenvalue weighted by Gasteiger charge is 2.31. The monoisotopic (exact) mass is 397 g/mol. The van der Waals surface area contributed by atoms with E-state index in [0.29, 0.717) is 6.42 Å². The summed E-state index contributed by atoms with van der Waals surface area (Å²) in [5.41, 5.74) is -1.96. The Morgan fingerprint density at radius 1 is 1.25 bits per heavy atom. The Bertz CT molecular complexity index is 954. The number of amides is 1. The van der Waals surface area contributed by atoms with E-state index in [1.807, 2.05) is 0 Å². The van der Waals surface area contributed by atoms with E-state index in [4.69, 9.17) is 5.11 Å². The number of carboxylic acids is 1. The van der Waals surface area contributed by atoms with Crippen molar-refractivity contribution < 1.29 is 27.9 Å². The van der Waals surface area contributed by atoms with Gasteiger partial charge in [0.2, 0.25) is 5.43 Å². The van der Waals surface area contributed by atoms with Crippen LogP contribution in [0.25, 0.3) is 5.69 Å². The van der Waals surface area contributed by atoms with Gasteiger partial charge < -0.3 is 10.0 Å². The molecule has 0 aliphatic heterocycles. The number of aliphatic carboxylic acids is 1. The molecule has 1 amide bonds. The van der Waals surface area contributed by atoms with Crippen molar-refractivity contribution in [1.29, 1.82) is 0 Å². The van der Waals surface area contributed by atoms with E-state index in [1.54, 1.807) is 6.92 Å². The number of hydrogen-bond acceptors (Lipinski definition) is 4. The third kappa shape index (κ3) is 4.76. The molecule has 1 N–H and O–H groups in total. The van der Waals surface area contributed by atoms with Crippen molar-refractivity contribution in [2.45, 2.75) is 26.4 Å². The van der Waals surface area contributed by atoms with Gasteiger partial charge in [0.15, 0.2) is 5.69 Å². The minimum absolute atomic E-state index is 0.0154. The molecule has 7 nitrogen and oxygen atoms in total. The van der Waals surface area contributed by atoms with E-state index >= 15 is 0 Å². The van der Waals surface area contributed by atoms with Gasteiger partial charge in [-0.1, -0.05) is 13.0 Å². The topological polar surface area (TPSA) is 92.5 Å². The Balaban J connectivity index is 2.54. The zero-order chi connectivity index (χ0) is 21.1. The van der Waals surface area contributed by atoms with Crippen LogP contribution in [0.2, 0.25) is 0 Å². The standard InChI is InChI=1S/C18H18F3N3O4/c1-3-7-23(10-15(26)27)17(28)16-14(25)8-11(2)24(22-16)13-6-4-5-12(9-13)18(19,20)21/h4-6,8-9H,3,7,10H2,1-2H3,(H,26,27). The summed E-state index contributed by atoms with van der Waals surface area (Å²) in [6, 6.07) is 5.36. The number of alkyl halides is 3. The summed E-state index contributed by atoms with van der Waals surface area (Å²) >= 11 is 0. The summed E-state index contributed by atoms with van der Waals surface area (Å²) in [5, 5.41) is 12.9. The number of carbonyl (C=O) groups is 2. The van der Waals surface area contributed by atoms with Crippen LogP contribution in [0.4, 0.5) is 13.2 Å². The maximum Gasteiger partial charge on any atom is 0.416 e. The molecule has 150 valence electrons. The molecular formula is C18H18F3N3O4. The normalized spacial score (nSPS) is 11.3. The van der Waals surface area contributed by atoms with Crippen molar-refractivity contribution >= 4 is 11.9 Å². The second-order valence-electron chi connectivity index (χ2n) is 6.08. The van der Waals surface area contributed by atoms with Crippen molar-refractivity contribution in [2.24, 2.45) is 0 Å². The molecule has 0 bridgehead atoms. The number of carboxylic acid groups (broad SMARTS) is 1. The molecule has 0 aliphatic rings. The molecule has 1 aromatic carbocycles. The van der Waals surface area contributed by atoms with E-state index in [2.05, 4.69) is 5.10 Å². The summed E-state index contributed by atoms with van der Waals surface area (Å²) < 4.78 is 40.0. The SMILES string of the molecule is CCCN(CC(=O)O)C(=O)c1nn(-c2cccc(C(F)(F)F)c2)c(C)cc1=O. The van der Waals surface area contributed by atoms with Gasteiger partial charge in [0.25, 0.3) is 5.91 Å². The van der Waals surface area contributed by atoms with Crippen LogP contribution in [0.1, 0.15) is 35.1 Å². The van der Waals surface area contributed by atoms with Crippen LogP contribution in [0, 0.1) is 6.92 Å². The summed E-state index contributed by atoms with van der Waals surface area (Å²) in [4.78, 5) is 36.8. The zero-order valence-corrected chi connectivity index (χ0v) is 15.2. The molecule has 0 radical (unpaired) electrons. The van der Waals surface area contributed by atoms with Gasteiger partial charge >= 0.3 is 12.1 Å². The molecule has 28 heavy (non-hydrogen) atoms. The van der Waals surface area contributed by atoms with Crippen molar-refractivity contribution in [2.75, 3.05) is 13.1 Å². The predicted molar refractivity (Wildman–Crippen MR) is 93.4 cm³/mol. The molecule has 1 heterocycles. The molecule has 0 aliphatic carbocycles. The predicted octanol–water partition coefficient (Wildman–Crippen LogP) is 2.50. The summed E-state index contributed by atoms with van der Waals surface area (Å²) in [7, 11) is 0. The fourth-order valence-corrected chi connectivity index (χ4v) is 2.61. The van der Waals surface area contributed by atoms with E-state index in [1.165, 1.54) is 19.1 Å². The van der Waals surface area contributed by atoms with Gasteiger partial charge in [-0.15, -0.1) is 0 Å². The largest absolute Gasteiger partial charge is 0.480 e. The highest BCUT2D eigenvalue weighted by Crippen LogP contribution is 2.30. The molecule has 0 atom stereocenters. The fraction of sp³-hybridized carbons (Fsp3) is 0.333. The minimum Gasteiger partial charge on any atom is -0.480 e. The van der Waals surface area contributed by atoms with E-state index in [-0.39, 0.29) is 17.9 Å². The van der Waals surface area contributed by atoms with Gasteiger partial charge in [-0.25, -0.2) is 4.68 Å². The number of benzene rings is 1. The maximum atomic E-state index is 13.0. The van der Waals surface area contributed by atoms with Crippen molar-refractivity contribution in [3.05, 3.63) is 57.5 Å². The van der Waals surface area contributed by atoms with E-state index in [9.17, 15) is 27.6 Å². The van der Waals surface area contributed by atoms with Crippen LogP contribution in [0.3, 0.4) is 0 Å². The highest BCUT2D eigenvalue weighted by atomic mass is 19.4. The molecule has 2 aromatic rings. The fourth-order valence-electron chi connectivity index (χ4n) is 2.61. The molecule has 0 fully saturated rings.